The molecule has 0 amide bonds. The van der Waals surface area contributed by atoms with Gasteiger partial charge in [-0.3, -0.25) is 9.10 Å². The molecule has 0 unspecified atom stereocenters. The smallest absolute Gasteiger partial charge is 0.460 e. The summed E-state index contributed by atoms with van der Waals surface area (Å²) < 4.78 is 195. The third-order valence-electron chi connectivity index (χ3n) is 3.84. The van der Waals surface area contributed by atoms with E-state index >= 15 is 0 Å². The highest BCUT2D eigenvalue weighted by atomic mass is 32.2. The Labute approximate surface area is 174 Å². The number of hydrogen-bond acceptors (Lipinski definition) is 3. The molecule has 190 valence electrons. The number of anilines is 1. The van der Waals surface area contributed by atoms with E-state index in [0.29, 0.717) is 12.1 Å². The molecule has 0 atom stereocenters. The van der Waals surface area contributed by atoms with Gasteiger partial charge in [-0.2, -0.15) is 65.5 Å². The van der Waals surface area contributed by atoms with Crippen molar-refractivity contribution >= 4 is 21.7 Å². The van der Waals surface area contributed by atoms with Crippen molar-refractivity contribution in [3.05, 3.63) is 30.3 Å². The second kappa shape index (κ2) is 8.08. The SMILES string of the molecule is O=C(O)CN(c1ccccc1)S(=O)(=O)C(F)(F)C(F)(F)C(F)(F)C(F)(F)C(F)(F)C(F)(F)F. The maximum atomic E-state index is 14.2. The zero-order valence-electron chi connectivity index (χ0n) is 15.0. The minimum absolute atomic E-state index is 0.458. The van der Waals surface area contributed by atoms with Crippen LogP contribution in [0.25, 0.3) is 0 Å². The van der Waals surface area contributed by atoms with Crippen LogP contribution in [0.1, 0.15) is 0 Å². The molecule has 1 aromatic carbocycles. The summed E-state index contributed by atoms with van der Waals surface area (Å²) in [4.78, 5) is 10.8. The number of rotatable bonds is 9. The number of benzene rings is 1. The molecule has 0 radical (unpaired) electrons. The lowest BCUT2D eigenvalue weighted by molar-refractivity contribution is -0.433. The molecule has 19 heteroatoms. The van der Waals surface area contributed by atoms with Crippen LogP contribution in [0.3, 0.4) is 0 Å². The van der Waals surface area contributed by atoms with Crippen molar-refractivity contribution in [1.82, 2.24) is 0 Å². The highest BCUT2D eigenvalue weighted by Crippen LogP contribution is 2.61. The molecule has 0 aliphatic heterocycles. The average Bonchev–Trinajstić information content (AvgIpc) is 2.64. The molecule has 33 heavy (non-hydrogen) atoms. The summed E-state index contributed by atoms with van der Waals surface area (Å²) in [5.41, 5.74) is -1.22. The van der Waals surface area contributed by atoms with Crippen molar-refractivity contribution in [2.75, 3.05) is 10.8 Å². The quantitative estimate of drug-likeness (QED) is 0.471. The number of hydrogen-bond donors (Lipinski definition) is 1. The van der Waals surface area contributed by atoms with Crippen molar-refractivity contribution < 1.29 is 75.4 Å². The highest BCUT2D eigenvalue weighted by Gasteiger charge is 2.92. The number of carboxylic acid groups (broad SMARTS) is 1. The largest absolute Gasteiger partial charge is 0.480 e. The van der Waals surface area contributed by atoms with E-state index in [2.05, 4.69) is 0 Å². The molecule has 0 spiro atoms. The van der Waals surface area contributed by atoms with E-state index in [4.69, 9.17) is 5.11 Å². The van der Waals surface area contributed by atoms with Crippen LogP contribution in [-0.4, -0.2) is 61.2 Å². The van der Waals surface area contributed by atoms with Gasteiger partial charge in [0.05, 0.1) is 5.69 Å². The van der Waals surface area contributed by atoms with Gasteiger partial charge in [-0.1, -0.05) is 18.2 Å². The lowest BCUT2D eigenvalue weighted by Crippen LogP contribution is -2.72. The van der Waals surface area contributed by atoms with Crippen LogP contribution in [0.2, 0.25) is 0 Å². The summed E-state index contributed by atoms with van der Waals surface area (Å²) in [5.74, 6) is -35.2. The van der Waals surface area contributed by atoms with Crippen molar-refractivity contribution in [2.45, 2.75) is 35.1 Å². The van der Waals surface area contributed by atoms with Gasteiger partial charge >= 0.3 is 51.1 Å². The Morgan fingerprint density at radius 3 is 1.48 bits per heavy atom. The Bertz CT molecular complexity index is 977. The molecule has 0 aromatic heterocycles. The Hall–Kier alpha value is -2.47. The molecule has 1 aromatic rings. The van der Waals surface area contributed by atoms with E-state index in [-0.39, 0.29) is 0 Å². The van der Waals surface area contributed by atoms with E-state index in [1.54, 1.807) is 0 Å². The molecule has 0 fully saturated rings. The van der Waals surface area contributed by atoms with Gasteiger partial charge in [0.1, 0.15) is 6.54 Å². The second-order valence-electron chi connectivity index (χ2n) is 6.05. The lowest BCUT2D eigenvalue weighted by atomic mass is 9.98. The monoisotopic (exact) mass is 533 g/mol. The molecule has 0 bridgehead atoms. The molecule has 1 rings (SSSR count). The maximum absolute atomic E-state index is 14.2. The first-order valence-electron chi connectivity index (χ1n) is 7.66. The highest BCUT2D eigenvalue weighted by molar-refractivity contribution is 7.93. The number of carbonyl (C=O) groups is 1. The summed E-state index contributed by atoms with van der Waals surface area (Å²) in [6.45, 7) is -2.20. The van der Waals surface area contributed by atoms with Gasteiger partial charge in [0.25, 0.3) is 0 Å². The van der Waals surface area contributed by atoms with Gasteiger partial charge in [0.2, 0.25) is 0 Å². The Kier molecular flexibility index (Phi) is 7.00. The average molecular weight is 533 g/mol. The van der Waals surface area contributed by atoms with Crippen LogP contribution in [0.4, 0.5) is 62.8 Å². The van der Waals surface area contributed by atoms with Crippen LogP contribution in [-0.2, 0) is 14.8 Å². The Balaban J connectivity index is 3.77. The standard InChI is InChI=1S/C14H8F13NO4S/c15-9(16,11(19,20)13(23,24)25)10(17,18)12(21,22)14(26,27)33(31,32)28(6-8(29)30)7-4-2-1-3-5-7/h1-5H,6H2,(H,29,30). The summed E-state index contributed by atoms with van der Waals surface area (Å²) in [7, 11) is -7.50. The fraction of sp³-hybridized carbons (Fsp3) is 0.500. The maximum Gasteiger partial charge on any atom is 0.460 e. The Morgan fingerprint density at radius 2 is 1.12 bits per heavy atom. The molecule has 0 saturated carbocycles. The molecule has 5 nitrogen and oxygen atoms in total. The number of halogens is 13. The number of sulfonamides is 1. The third-order valence-corrected chi connectivity index (χ3v) is 5.67. The summed E-state index contributed by atoms with van der Waals surface area (Å²) in [6.07, 6.45) is -7.66. The molecule has 1 N–H and O–H groups in total. The summed E-state index contributed by atoms with van der Waals surface area (Å²) in [5, 5.41) is 1.09. The van der Waals surface area contributed by atoms with E-state index in [1.807, 2.05) is 0 Å². The van der Waals surface area contributed by atoms with Crippen molar-refractivity contribution in [2.24, 2.45) is 0 Å². The predicted octanol–water partition coefficient (Wildman–Crippen LogP) is 4.60. The minimum Gasteiger partial charge on any atom is -0.480 e. The summed E-state index contributed by atoms with van der Waals surface area (Å²) >= 11 is 0. The minimum atomic E-state index is -8.35. The van der Waals surface area contributed by atoms with Crippen molar-refractivity contribution in [3.8, 4) is 0 Å². The first-order valence-corrected chi connectivity index (χ1v) is 9.10. The Morgan fingerprint density at radius 1 is 0.727 bits per heavy atom. The van der Waals surface area contributed by atoms with E-state index < -0.39 is 67.7 Å². The molecular weight excluding hydrogens is 525 g/mol. The van der Waals surface area contributed by atoms with Gasteiger partial charge in [0.15, 0.2) is 0 Å². The topological polar surface area (TPSA) is 74.7 Å². The zero-order valence-corrected chi connectivity index (χ0v) is 15.9. The fourth-order valence-corrected chi connectivity index (χ4v) is 3.50. The summed E-state index contributed by atoms with van der Waals surface area (Å²) in [6, 6.07) is 3.54. The first-order chi connectivity index (χ1) is 14.4. The zero-order chi connectivity index (χ0) is 26.5. The van der Waals surface area contributed by atoms with Crippen LogP contribution < -0.4 is 4.31 Å². The van der Waals surface area contributed by atoms with Gasteiger partial charge in [-0.15, -0.1) is 0 Å². The number of aliphatic carboxylic acids is 1. The predicted molar refractivity (Wildman–Crippen MR) is 81.1 cm³/mol. The van der Waals surface area contributed by atoms with E-state index in [1.165, 1.54) is 0 Å². The van der Waals surface area contributed by atoms with Crippen LogP contribution in [0.15, 0.2) is 30.3 Å². The van der Waals surface area contributed by atoms with Gasteiger partial charge in [0, 0.05) is 0 Å². The second-order valence-corrected chi connectivity index (χ2v) is 7.96. The molecule has 0 saturated heterocycles. The van der Waals surface area contributed by atoms with Crippen LogP contribution in [0, 0.1) is 0 Å². The number of nitrogens with zero attached hydrogens (tertiary/aromatic N) is 1. The van der Waals surface area contributed by atoms with E-state index in [9.17, 15) is 70.3 Å². The number of para-hydroxylation sites is 1. The normalized spacial score (nSPS) is 14.8. The van der Waals surface area contributed by atoms with Gasteiger partial charge < -0.3 is 5.11 Å². The molecule has 0 aliphatic carbocycles. The fourth-order valence-electron chi connectivity index (χ4n) is 2.09. The molecule has 0 aliphatic rings. The van der Waals surface area contributed by atoms with Crippen LogP contribution >= 0.6 is 0 Å². The lowest BCUT2D eigenvalue weighted by Gasteiger charge is -2.40. The molecular formula is C14H8F13NO4S. The van der Waals surface area contributed by atoms with Crippen LogP contribution in [0.5, 0.6) is 0 Å². The van der Waals surface area contributed by atoms with Crippen molar-refractivity contribution in [3.63, 3.8) is 0 Å². The molecule has 0 heterocycles. The van der Waals surface area contributed by atoms with Gasteiger partial charge in [-0.05, 0) is 12.1 Å². The van der Waals surface area contributed by atoms with E-state index in [0.717, 1.165) is 18.2 Å². The van der Waals surface area contributed by atoms with Crippen molar-refractivity contribution in [1.29, 1.82) is 0 Å². The third kappa shape index (κ3) is 4.14. The van der Waals surface area contributed by atoms with Gasteiger partial charge in [-0.25, -0.2) is 0 Å². The number of carboxylic acids is 1. The first kappa shape index (κ1) is 28.6. The number of alkyl halides is 13.